The third-order valence-electron chi connectivity index (χ3n) is 4.18. The average Bonchev–Trinajstić information content (AvgIpc) is 2.92. The predicted molar refractivity (Wildman–Crippen MR) is 85.8 cm³/mol. The Morgan fingerprint density at radius 3 is 2.65 bits per heavy atom. The number of carbonyl (C=O) groups is 2. The van der Waals surface area contributed by atoms with E-state index in [2.05, 4.69) is 29.5 Å². The second-order valence-corrected chi connectivity index (χ2v) is 6.60. The first-order valence-corrected chi connectivity index (χ1v) is 8.23. The summed E-state index contributed by atoms with van der Waals surface area (Å²) in [5.41, 5.74) is 0. The Bertz CT molecular complexity index is 533. The first kappa shape index (κ1) is 17.3. The van der Waals surface area contributed by atoms with Crippen molar-refractivity contribution in [3.63, 3.8) is 0 Å². The van der Waals surface area contributed by atoms with Crippen LogP contribution in [0.15, 0.2) is 12.4 Å². The summed E-state index contributed by atoms with van der Waals surface area (Å²) in [6.45, 7) is 5.53. The second-order valence-electron chi connectivity index (χ2n) is 6.60. The number of aliphatic carboxylic acids is 1. The summed E-state index contributed by atoms with van der Waals surface area (Å²) in [5.74, 6) is 0.356. The molecular formula is C16H26N4O3. The highest BCUT2D eigenvalue weighted by Crippen LogP contribution is 2.24. The Balaban J connectivity index is 1.74. The van der Waals surface area contributed by atoms with Gasteiger partial charge in [0.2, 0.25) is 0 Å². The van der Waals surface area contributed by atoms with Gasteiger partial charge >= 0.3 is 12.0 Å². The van der Waals surface area contributed by atoms with Crippen LogP contribution in [0.25, 0.3) is 0 Å². The zero-order valence-corrected chi connectivity index (χ0v) is 13.8. The molecule has 128 valence electrons. The molecule has 1 aromatic rings. The van der Waals surface area contributed by atoms with E-state index in [0.29, 0.717) is 38.1 Å². The van der Waals surface area contributed by atoms with E-state index in [4.69, 9.17) is 5.11 Å². The highest BCUT2D eigenvalue weighted by atomic mass is 16.4. The van der Waals surface area contributed by atoms with E-state index >= 15 is 0 Å². The van der Waals surface area contributed by atoms with Crippen LogP contribution in [-0.4, -0.2) is 32.7 Å². The average molecular weight is 322 g/mol. The van der Waals surface area contributed by atoms with Gasteiger partial charge in [-0.25, -0.2) is 9.78 Å². The first-order valence-electron chi connectivity index (χ1n) is 8.23. The molecule has 2 amide bonds. The minimum absolute atomic E-state index is 0.0565. The van der Waals surface area contributed by atoms with Crippen molar-refractivity contribution in [2.45, 2.75) is 58.7 Å². The maximum atomic E-state index is 12.0. The zero-order valence-electron chi connectivity index (χ0n) is 13.8. The molecule has 1 saturated carbocycles. The molecule has 0 spiro atoms. The number of aromatic nitrogens is 2. The number of imidazole rings is 1. The number of rotatable bonds is 6. The fourth-order valence-corrected chi connectivity index (χ4v) is 2.95. The lowest BCUT2D eigenvalue weighted by Gasteiger charge is -2.26. The molecule has 1 heterocycles. The van der Waals surface area contributed by atoms with Gasteiger partial charge in [0.15, 0.2) is 0 Å². The Labute approximate surface area is 136 Å². The molecule has 1 fully saturated rings. The molecule has 0 radical (unpaired) electrons. The number of urea groups is 1. The lowest BCUT2D eigenvalue weighted by Crippen LogP contribution is -2.44. The minimum atomic E-state index is -0.732. The van der Waals surface area contributed by atoms with Gasteiger partial charge in [-0.3, -0.25) is 4.79 Å². The van der Waals surface area contributed by atoms with Crippen LogP contribution in [0.2, 0.25) is 0 Å². The number of amides is 2. The van der Waals surface area contributed by atoms with Crippen LogP contribution in [0.5, 0.6) is 0 Å². The van der Waals surface area contributed by atoms with Crippen LogP contribution in [0, 0.1) is 11.8 Å². The maximum absolute atomic E-state index is 12.0. The van der Waals surface area contributed by atoms with E-state index < -0.39 is 5.97 Å². The van der Waals surface area contributed by atoms with Crippen molar-refractivity contribution in [2.75, 3.05) is 0 Å². The smallest absolute Gasteiger partial charge is 0.315 e. The minimum Gasteiger partial charge on any atom is -0.481 e. The molecule has 1 aliphatic carbocycles. The topological polar surface area (TPSA) is 96.3 Å². The Kier molecular flexibility index (Phi) is 6.01. The molecule has 0 atom stereocenters. The van der Waals surface area contributed by atoms with Crippen LogP contribution < -0.4 is 10.6 Å². The summed E-state index contributed by atoms with van der Waals surface area (Å²) < 4.78 is 2.04. The molecule has 0 saturated heterocycles. The van der Waals surface area contributed by atoms with Gasteiger partial charge < -0.3 is 20.3 Å². The fourth-order valence-electron chi connectivity index (χ4n) is 2.95. The number of carbonyl (C=O) groups excluding carboxylic acids is 1. The van der Waals surface area contributed by atoms with Gasteiger partial charge in [0.05, 0.1) is 12.5 Å². The van der Waals surface area contributed by atoms with Crippen LogP contribution in [0.1, 0.15) is 45.4 Å². The predicted octanol–water partition coefficient (Wildman–Crippen LogP) is 1.98. The van der Waals surface area contributed by atoms with E-state index in [0.717, 1.165) is 12.4 Å². The number of hydrogen-bond acceptors (Lipinski definition) is 3. The molecule has 0 aromatic carbocycles. The molecule has 1 aromatic heterocycles. The van der Waals surface area contributed by atoms with Gasteiger partial charge in [-0.1, -0.05) is 13.8 Å². The highest BCUT2D eigenvalue weighted by molar-refractivity contribution is 5.74. The second kappa shape index (κ2) is 7.99. The van der Waals surface area contributed by atoms with E-state index in [1.165, 1.54) is 0 Å². The molecular weight excluding hydrogens is 296 g/mol. The lowest BCUT2D eigenvalue weighted by atomic mass is 9.86. The summed E-state index contributed by atoms with van der Waals surface area (Å²) in [4.78, 5) is 27.2. The van der Waals surface area contributed by atoms with E-state index in [1.807, 2.05) is 10.8 Å². The monoisotopic (exact) mass is 322 g/mol. The summed E-state index contributed by atoms with van der Waals surface area (Å²) in [5, 5.41) is 14.7. The Morgan fingerprint density at radius 2 is 2.04 bits per heavy atom. The molecule has 3 N–H and O–H groups in total. The third kappa shape index (κ3) is 5.26. The standard InChI is InChI=1S/C16H26N4O3/c1-11(2)10-20-8-7-17-14(20)9-18-16(23)19-13-5-3-12(4-6-13)15(21)22/h7-8,11-13H,3-6,9-10H2,1-2H3,(H,21,22)(H2,18,19,23). The van der Waals surface area contributed by atoms with Crippen molar-refractivity contribution < 1.29 is 14.7 Å². The first-order chi connectivity index (χ1) is 11.0. The summed E-state index contributed by atoms with van der Waals surface area (Å²) in [7, 11) is 0. The SMILES string of the molecule is CC(C)Cn1ccnc1CNC(=O)NC1CCC(C(=O)O)CC1. The molecule has 1 aliphatic rings. The van der Waals surface area contributed by atoms with Crippen LogP contribution in [-0.2, 0) is 17.9 Å². The van der Waals surface area contributed by atoms with Crippen molar-refractivity contribution in [1.82, 2.24) is 20.2 Å². The van der Waals surface area contributed by atoms with E-state index in [-0.39, 0.29) is 18.0 Å². The van der Waals surface area contributed by atoms with E-state index in [1.54, 1.807) is 6.20 Å². The van der Waals surface area contributed by atoms with Crippen LogP contribution in [0.3, 0.4) is 0 Å². The number of nitrogens with one attached hydrogen (secondary N) is 2. The summed E-state index contributed by atoms with van der Waals surface area (Å²) in [6.07, 6.45) is 6.34. The number of carboxylic acids is 1. The Morgan fingerprint density at radius 1 is 1.35 bits per heavy atom. The van der Waals surface area contributed by atoms with Crippen molar-refractivity contribution in [2.24, 2.45) is 11.8 Å². The van der Waals surface area contributed by atoms with Gasteiger partial charge in [0.25, 0.3) is 0 Å². The van der Waals surface area contributed by atoms with Crippen molar-refractivity contribution in [3.05, 3.63) is 18.2 Å². The number of carboxylic acid groups (broad SMARTS) is 1. The summed E-state index contributed by atoms with van der Waals surface area (Å²) in [6, 6.07) is -0.163. The molecule has 0 unspecified atom stereocenters. The molecule has 2 rings (SSSR count). The molecule has 23 heavy (non-hydrogen) atoms. The Hall–Kier alpha value is -2.05. The van der Waals surface area contributed by atoms with Crippen molar-refractivity contribution >= 4 is 12.0 Å². The van der Waals surface area contributed by atoms with Gasteiger partial charge in [-0.05, 0) is 31.6 Å². The molecule has 0 aliphatic heterocycles. The van der Waals surface area contributed by atoms with Gasteiger partial charge in [-0.2, -0.15) is 0 Å². The van der Waals surface area contributed by atoms with Crippen molar-refractivity contribution in [1.29, 1.82) is 0 Å². The zero-order chi connectivity index (χ0) is 16.8. The lowest BCUT2D eigenvalue weighted by molar-refractivity contribution is -0.142. The van der Waals surface area contributed by atoms with E-state index in [9.17, 15) is 9.59 Å². The quantitative estimate of drug-likeness (QED) is 0.746. The van der Waals surface area contributed by atoms with Gasteiger partial charge in [-0.15, -0.1) is 0 Å². The molecule has 7 heteroatoms. The summed E-state index contributed by atoms with van der Waals surface area (Å²) >= 11 is 0. The van der Waals surface area contributed by atoms with Crippen LogP contribution in [0.4, 0.5) is 4.79 Å². The molecule has 7 nitrogen and oxygen atoms in total. The number of hydrogen-bond donors (Lipinski definition) is 3. The van der Waals surface area contributed by atoms with Gasteiger partial charge in [0.1, 0.15) is 5.82 Å². The third-order valence-corrected chi connectivity index (χ3v) is 4.18. The number of nitrogens with zero attached hydrogens (tertiary/aromatic N) is 2. The van der Waals surface area contributed by atoms with Gasteiger partial charge in [0, 0.05) is 25.0 Å². The van der Waals surface area contributed by atoms with Crippen molar-refractivity contribution in [3.8, 4) is 0 Å². The molecule has 0 bridgehead atoms. The normalized spacial score (nSPS) is 21.2. The fraction of sp³-hybridized carbons (Fsp3) is 0.688. The van der Waals surface area contributed by atoms with Crippen LogP contribution >= 0.6 is 0 Å². The largest absolute Gasteiger partial charge is 0.481 e. The highest BCUT2D eigenvalue weighted by Gasteiger charge is 2.26. The maximum Gasteiger partial charge on any atom is 0.315 e.